The van der Waals surface area contributed by atoms with Crippen LogP contribution in [0, 0.1) is 0 Å². The van der Waals surface area contributed by atoms with Crippen LogP contribution in [0.1, 0.15) is 0 Å². The van der Waals surface area contributed by atoms with Gasteiger partial charge in [-0.05, 0) is 0 Å². The minimum absolute atomic E-state index is 0.958. The fraction of sp³-hybridized carbons (Fsp3) is 0.667. The molecule has 5 heavy (non-hydrogen) atoms. The first-order valence-electron chi connectivity index (χ1n) is 1.72. The summed E-state index contributed by atoms with van der Waals surface area (Å²) < 4.78 is 0. The lowest BCUT2D eigenvalue weighted by Crippen LogP contribution is -2.05. The first-order chi connectivity index (χ1) is 2.50. The SMILES string of the molecule is C1=[N+]CCN1. The van der Waals surface area contributed by atoms with Crippen molar-refractivity contribution in [2.24, 2.45) is 0 Å². The van der Waals surface area contributed by atoms with Crippen LogP contribution in [0.15, 0.2) is 0 Å². The van der Waals surface area contributed by atoms with Crippen LogP contribution >= 0.6 is 0 Å². The molecule has 1 aliphatic rings. The predicted octanol–water partition coefficient (Wildman–Crippen LogP) is -1.05. The Labute approximate surface area is 30.9 Å². The number of hydrogen-bond donors (Lipinski definition) is 1. The zero-order valence-electron chi connectivity index (χ0n) is 2.94. The van der Waals surface area contributed by atoms with Gasteiger partial charge in [0.25, 0.3) is 6.34 Å². The van der Waals surface area contributed by atoms with Crippen LogP contribution in [0.5, 0.6) is 0 Å². The maximum atomic E-state index is 3.85. The Kier molecular flexibility index (Phi) is 0.571. The zero-order valence-corrected chi connectivity index (χ0v) is 2.94. The summed E-state index contributed by atoms with van der Waals surface area (Å²) in [4.78, 5) is 3.85. The molecule has 0 bridgehead atoms. The molecule has 0 aromatic heterocycles. The highest BCUT2D eigenvalue weighted by molar-refractivity contribution is 5.54. The van der Waals surface area contributed by atoms with E-state index in [9.17, 15) is 0 Å². The van der Waals surface area contributed by atoms with Crippen LogP contribution in [-0.2, 0) is 0 Å². The van der Waals surface area contributed by atoms with Gasteiger partial charge >= 0.3 is 0 Å². The quantitative estimate of drug-likeness (QED) is 0.387. The lowest BCUT2D eigenvalue weighted by Gasteiger charge is -1.64. The molecule has 27 valence electrons. The van der Waals surface area contributed by atoms with Crippen molar-refractivity contribution >= 4 is 6.34 Å². The third kappa shape index (κ3) is 0.375. The zero-order chi connectivity index (χ0) is 3.54. The van der Waals surface area contributed by atoms with Gasteiger partial charge in [0.1, 0.15) is 6.54 Å². The average Bonchev–Trinajstić information content (AvgIpc) is 1.76. The number of nitrogens with one attached hydrogen (secondary N) is 1. The molecule has 1 heterocycles. The second-order valence-electron chi connectivity index (χ2n) is 0.989. The van der Waals surface area contributed by atoms with Gasteiger partial charge in [0, 0.05) is 0 Å². The molecule has 2 heteroatoms. The monoisotopic (exact) mass is 70.1 g/mol. The van der Waals surface area contributed by atoms with Crippen molar-refractivity contribution in [3.05, 3.63) is 0 Å². The molecule has 0 fully saturated rings. The Bertz CT molecular complexity index is 42.9. The van der Waals surface area contributed by atoms with Gasteiger partial charge in [-0.3, -0.25) is 5.32 Å². The number of hydrogen-bond acceptors (Lipinski definition) is 2. The highest BCUT2D eigenvalue weighted by Crippen LogP contribution is 1.55. The summed E-state index contributed by atoms with van der Waals surface area (Å²) in [7, 11) is 0. The van der Waals surface area contributed by atoms with Gasteiger partial charge in [-0.1, -0.05) is 4.99 Å². The van der Waals surface area contributed by atoms with Crippen molar-refractivity contribution in [2.45, 2.75) is 0 Å². The van der Waals surface area contributed by atoms with Gasteiger partial charge in [-0.2, -0.15) is 0 Å². The lowest BCUT2D eigenvalue weighted by molar-refractivity contribution is 0.928. The Morgan fingerprint density at radius 2 is 2.80 bits per heavy atom. The highest BCUT2D eigenvalue weighted by Gasteiger charge is 1.95. The van der Waals surface area contributed by atoms with Crippen LogP contribution in [0.25, 0.3) is 0 Å². The molecule has 1 aliphatic heterocycles. The smallest absolute Gasteiger partial charge is 0.273 e. The molecule has 1 N–H and O–H groups in total. The van der Waals surface area contributed by atoms with Crippen molar-refractivity contribution in [1.82, 2.24) is 10.3 Å². The van der Waals surface area contributed by atoms with Crippen LogP contribution in [0.3, 0.4) is 0 Å². The van der Waals surface area contributed by atoms with E-state index in [-0.39, 0.29) is 0 Å². The van der Waals surface area contributed by atoms with Crippen molar-refractivity contribution in [3.8, 4) is 0 Å². The number of aliphatic imine (C=N–C) groups is 1. The van der Waals surface area contributed by atoms with Gasteiger partial charge in [0.05, 0.1) is 0 Å². The Balaban J connectivity index is 2.32. The molecular weight excluding hydrogens is 64.0 g/mol. The van der Waals surface area contributed by atoms with Crippen molar-refractivity contribution in [2.75, 3.05) is 13.1 Å². The van der Waals surface area contributed by atoms with Crippen LogP contribution in [0.2, 0.25) is 0 Å². The Hall–Kier alpha value is -0.530. The average molecular weight is 70.1 g/mol. The molecule has 0 aromatic rings. The Morgan fingerprint density at radius 3 is 3.00 bits per heavy atom. The predicted molar refractivity (Wildman–Crippen MR) is 21.1 cm³/mol. The summed E-state index contributed by atoms with van der Waals surface area (Å²) in [6, 6.07) is 0. The first-order valence-corrected chi connectivity index (χ1v) is 1.72. The molecule has 1 radical (unpaired) electrons. The van der Waals surface area contributed by atoms with Gasteiger partial charge in [-0.15, -0.1) is 0 Å². The van der Waals surface area contributed by atoms with Crippen molar-refractivity contribution < 1.29 is 0 Å². The number of nitrogens with zero attached hydrogens (tertiary/aromatic N) is 1. The van der Waals surface area contributed by atoms with E-state index in [1.165, 1.54) is 0 Å². The van der Waals surface area contributed by atoms with Crippen molar-refractivity contribution in [1.29, 1.82) is 0 Å². The summed E-state index contributed by atoms with van der Waals surface area (Å²) in [5.74, 6) is 0. The van der Waals surface area contributed by atoms with Crippen LogP contribution in [0.4, 0.5) is 0 Å². The molecule has 0 spiro atoms. The molecule has 0 saturated carbocycles. The summed E-state index contributed by atoms with van der Waals surface area (Å²) in [5, 5.41) is 2.93. The normalized spacial score (nSPS) is 19.2. The Morgan fingerprint density at radius 1 is 1.80 bits per heavy atom. The molecule has 2 nitrogen and oxygen atoms in total. The standard InChI is InChI=1S/C3H6N2/c1-2-5-3-4-1/h3-4H,1-2H2/q+1. The minimum Gasteiger partial charge on any atom is -0.274 e. The van der Waals surface area contributed by atoms with Crippen molar-refractivity contribution in [3.63, 3.8) is 0 Å². The molecule has 0 aliphatic carbocycles. The summed E-state index contributed by atoms with van der Waals surface area (Å²) in [6.07, 6.45) is 1.74. The second-order valence-corrected chi connectivity index (χ2v) is 0.989. The molecule has 0 unspecified atom stereocenters. The molecule has 0 aromatic carbocycles. The van der Waals surface area contributed by atoms with Gasteiger partial charge in [-0.25, -0.2) is 0 Å². The van der Waals surface area contributed by atoms with Gasteiger partial charge in [0.2, 0.25) is 0 Å². The van der Waals surface area contributed by atoms with Gasteiger partial charge in [0.15, 0.2) is 6.54 Å². The summed E-state index contributed by atoms with van der Waals surface area (Å²) >= 11 is 0. The van der Waals surface area contributed by atoms with E-state index in [1.54, 1.807) is 6.34 Å². The van der Waals surface area contributed by atoms with E-state index in [2.05, 4.69) is 10.3 Å². The molecular formula is C3H6N2+. The summed E-state index contributed by atoms with van der Waals surface area (Å²) in [5.41, 5.74) is 0. The number of rotatable bonds is 0. The minimum atomic E-state index is 0.958. The van der Waals surface area contributed by atoms with Crippen LogP contribution in [-0.4, -0.2) is 19.4 Å². The van der Waals surface area contributed by atoms with E-state index in [0.29, 0.717) is 0 Å². The van der Waals surface area contributed by atoms with Crippen LogP contribution < -0.4 is 10.3 Å². The third-order valence-electron chi connectivity index (χ3n) is 0.568. The van der Waals surface area contributed by atoms with E-state index in [0.717, 1.165) is 13.1 Å². The van der Waals surface area contributed by atoms with E-state index in [4.69, 9.17) is 0 Å². The largest absolute Gasteiger partial charge is 0.274 e. The lowest BCUT2D eigenvalue weighted by atomic mass is 10.7. The van der Waals surface area contributed by atoms with E-state index in [1.807, 2.05) is 0 Å². The fourth-order valence-electron chi connectivity index (χ4n) is 0.323. The fourth-order valence-corrected chi connectivity index (χ4v) is 0.323. The van der Waals surface area contributed by atoms with Gasteiger partial charge < -0.3 is 0 Å². The molecule has 1 rings (SSSR count). The third-order valence-corrected chi connectivity index (χ3v) is 0.568. The first kappa shape index (κ1) is 2.69. The van der Waals surface area contributed by atoms with E-state index >= 15 is 0 Å². The highest BCUT2D eigenvalue weighted by atomic mass is 15.0. The molecule has 0 atom stereocenters. The van der Waals surface area contributed by atoms with E-state index < -0.39 is 0 Å². The second kappa shape index (κ2) is 1.06. The topological polar surface area (TPSA) is 26.1 Å². The molecule has 0 saturated heterocycles. The summed E-state index contributed by atoms with van der Waals surface area (Å²) in [6.45, 7) is 1.99. The maximum Gasteiger partial charge on any atom is 0.273 e. The molecule has 0 amide bonds. The maximum absolute atomic E-state index is 3.85.